The van der Waals surface area contributed by atoms with E-state index in [4.69, 9.17) is 15.0 Å². The second kappa shape index (κ2) is 3.85. The Hall–Kier alpha value is -0.940. The zero-order chi connectivity index (χ0) is 9.10. The third-order valence-electron chi connectivity index (χ3n) is 2.13. The third-order valence-corrected chi connectivity index (χ3v) is 2.13. The Kier molecular flexibility index (Phi) is 2.56. The van der Waals surface area contributed by atoms with Crippen molar-refractivity contribution >= 4 is 0 Å². The molecule has 1 unspecified atom stereocenters. The lowest BCUT2D eigenvalue weighted by Gasteiger charge is -1.97. The predicted octanol–water partition coefficient (Wildman–Crippen LogP) is 0.0747. The van der Waals surface area contributed by atoms with Gasteiger partial charge in [0.05, 0.1) is 12.5 Å². The van der Waals surface area contributed by atoms with Gasteiger partial charge in [0.25, 0.3) is 0 Å². The second-order valence-electron chi connectivity index (χ2n) is 3.15. The minimum absolute atomic E-state index is 0.291. The van der Waals surface area contributed by atoms with Gasteiger partial charge in [-0.1, -0.05) is 5.16 Å². The van der Waals surface area contributed by atoms with Crippen LogP contribution in [0.3, 0.4) is 0 Å². The normalized spacial score (nSPS) is 22.4. The van der Waals surface area contributed by atoms with Crippen LogP contribution in [0.1, 0.15) is 24.1 Å². The summed E-state index contributed by atoms with van der Waals surface area (Å²) >= 11 is 0. The number of hydrogen-bond donors (Lipinski definition) is 1. The van der Waals surface area contributed by atoms with Crippen molar-refractivity contribution in [1.82, 2.24) is 10.1 Å². The molecule has 1 fully saturated rings. The number of aromatic nitrogens is 2. The minimum atomic E-state index is 0.291. The van der Waals surface area contributed by atoms with Gasteiger partial charge in [-0.2, -0.15) is 4.98 Å². The summed E-state index contributed by atoms with van der Waals surface area (Å²) in [6.07, 6.45) is 1.65. The molecule has 1 atom stereocenters. The summed E-state index contributed by atoms with van der Waals surface area (Å²) in [5.41, 5.74) is 5.38. The molecule has 72 valence electrons. The highest BCUT2D eigenvalue weighted by Gasteiger charge is 2.23. The fourth-order valence-electron chi connectivity index (χ4n) is 1.39. The van der Waals surface area contributed by atoms with E-state index in [2.05, 4.69) is 10.1 Å². The van der Waals surface area contributed by atoms with Gasteiger partial charge in [0.1, 0.15) is 0 Å². The van der Waals surface area contributed by atoms with Crippen LogP contribution in [0, 0.1) is 0 Å². The van der Waals surface area contributed by atoms with Gasteiger partial charge >= 0.3 is 0 Å². The average molecular weight is 183 g/mol. The highest BCUT2D eigenvalue weighted by atomic mass is 16.5. The second-order valence-corrected chi connectivity index (χ2v) is 3.15. The summed E-state index contributed by atoms with van der Waals surface area (Å²) in [4.78, 5) is 4.24. The lowest BCUT2D eigenvalue weighted by atomic mass is 10.1. The van der Waals surface area contributed by atoms with Crippen molar-refractivity contribution in [2.75, 3.05) is 19.8 Å². The molecule has 0 bridgehead atoms. The third kappa shape index (κ3) is 1.87. The molecule has 13 heavy (non-hydrogen) atoms. The zero-order valence-corrected chi connectivity index (χ0v) is 7.40. The van der Waals surface area contributed by atoms with E-state index in [9.17, 15) is 0 Å². The van der Waals surface area contributed by atoms with Crippen molar-refractivity contribution < 1.29 is 9.26 Å². The van der Waals surface area contributed by atoms with Crippen molar-refractivity contribution in [2.24, 2.45) is 5.73 Å². The first-order valence-corrected chi connectivity index (χ1v) is 4.50. The smallest absolute Gasteiger partial charge is 0.232 e. The van der Waals surface area contributed by atoms with E-state index in [0.717, 1.165) is 13.0 Å². The Bertz CT molecular complexity index is 268. The van der Waals surface area contributed by atoms with Crippen molar-refractivity contribution in [3.8, 4) is 0 Å². The van der Waals surface area contributed by atoms with Crippen molar-refractivity contribution in [2.45, 2.75) is 18.8 Å². The first-order valence-electron chi connectivity index (χ1n) is 4.50. The Labute approximate surface area is 76.3 Å². The van der Waals surface area contributed by atoms with Gasteiger partial charge in [-0.15, -0.1) is 0 Å². The molecule has 1 aromatic heterocycles. The van der Waals surface area contributed by atoms with E-state index in [0.29, 0.717) is 37.2 Å². The first kappa shape index (κ1) is 8.65. The van der Waals surface area contributed by atoms with Crippen LogP contribution in [-0.2, 0) is 11.2 Å². The number of nitrogens with two attached hydrogens (primary N) is 1. The molecule has 0 aromatic carbocycles. The maximum absolute atomic E-state index is 5.38. The number of nitrogens with zero attached hydrogens (tertiary/aromatic N) is 2. The standard InChI is InChI=1S/C8H13N3O2/c9-3-1-7-10-8(13-11-7)6-2-4-12-5-6/h6H,1-5,9H2. The van der Waals surface area contributed by atoms with E-state index in [1.165, 1.54) is 0 Å². The van der Waals surface area contributed by atoms with Crippen molar-refractivity contribution in [3.63, 3.8) is 0 Å². The average Bonchev–Trinajstić information content (AvgIpc) is 2.70. The lowest BCUT2D eigenvalue weighted by molar-refractivity contribution is 0.189. The molecule has 1 aromatic rings. The summed E-state index contributed by atoms with van der Waals surface area (Å²) in [6, 6.07) is 0. The SMILES string of the molecule is NCCc1noc(C2CCOC2)n1. The summed E-state index contributed by atoms with van der Waals surface area (Å²) < 4.78 is 10.3. The molecule has 0 aliphatic carbocycles. The Balaban J connectivity index is 2.03. The van der Waals surface area contributed by atoms with Gasteiger partial charge in [-0.25, -0.2) is 0 Å². The molecule has 2 N–H and O–H groups in total. The zero-order valence-electron chi connectivity index (χ0n) is 7.40. The summed E-state index contributed by atoms with van der Waals surface area (Å²) in [6.45, 7) is 2.05. The lowest BCUT2D eigenvalue weighted by Crippen LogP contribution is -2.04. The molecule has 0 spiro atoms. The van der Waals surface area contributed by atoms with E-state index in [1.54, 1.807) is 0 Å². The van der Waals surface area contributed by atoms with Crippen LogP contribution in [0.15, 0.2) is 4.52 Å². The van der Waals surface area contributed by atoms with Gasteiger partial charge in [-0.3, -0.25) is 0 Å². The quantitative estimate of drug-likeness (QED) is 0.718. The highest BCUT2D eigenvalue weighted by molar-refractivity contribution is 4.96. The minimum Gasteiger partial charge on any atom is -0.381 e. The molecule has 1 aliphatic rings. The molecule has 0 amide bonds. The van der Waals surface area contributed by atoms with Crippen LogP contribution in [-0.4, -0.2) is 29.9 Å². The monoisotopic (exact) mass is 183 g/mol. The molecular weight excluding hydrogens is 170 g/mol. The summed E-state index contributed by atoms with van der Waals surface area (Å²) in [5, 5.41) is 3.83. The topological polar surface area (TPSA) is 74.2 Å². The first-order chi connectivity index (χ1) is 6.40. The maximum Gasteiger partial charge on any atom is 0.232 e. The van der Waals surface area contributed by atoms with Crippen LogP contribution in [0.25, 0.3) is 0 Å². The molecule has 1 aliphatic heterocycles. The molecule has 5 heteroatoms. The largest absolute Gasteiger partial charge is 0.381 e. The van der Waals surface area contributed by atoms with Gasteiger partial charge in [0.15, 0.2) is 5.82 Å². The molecule has 5 nitrogen and oxygen atoms in total. The van der Waals surface area contributed by atoms with Gasteiger partial charge < -0.3 is 15.0 Å². The van der Waals surface area contributed by atoms with Crippen LogP contribution in [0.4, 0.5) is 0 Å². The van der Waals surface area contributed by atoms with Crippen LogP contribution >= 0.6 is 0 Å². The fraction of sp³-hybridized carbons (Fsp3) is 0.750. The van der Waals surface area contributed by atoms with Gasteiger partial charge in [-0.05, 0) is 13.0 Å². The Morgan fingerprint density at radius 1 is 1.54 bits per heavy atom. The van der Waals surface area contributed by atoms with E-state index >= 15 is 0 Å². The van der Waals surface area contributed by atoms with Crippen LogP contribution < -0.4 is 5.73 Å². The van der Waals surface area contributed by atoms with Gasteiger partial charge in [0.2, 0.25) is 5.89 Å². The number of rotatable bonds is 3. The molecule has 2 rings (SSSR count). The molecule has 0 radical (unpaired) electrons. The number of hydrogen-bond acceptors (Lipinski definition) is 5. The highest BCUT2D eigenvalue weighted by Crippen LogP contribution is 2.23. The molecular formula is C8H13N3O2. The summed E-state index contributed by atoms with van der Waals surface area (Å²) in [7, 11) is 0. The van der Waals surface area contributed by atoms with Crippen molar-refractivity contribution in [1.29, 1.82) is 0 Å². The van der Waals surface area contributed by atoms with Gasteiger partial charge in [0, 0.05) is 13.0 Å². The number of ether oxygens (including phenoxy) is 1. The molecule has 2 heterocycles. The Morgan fingerprint density at radius 3 is 3.15 bits per heavy atom. The predicted molar refractivity (Wildman–Crippen MR) is 45.2 cm³/mol. The maximum atomic E-state index is 5.38. The van der Waals surface area contributed by atoms with E-state index < -0.39 is 0 Å². The Morgan fingerprint density at radius 2 is 2.46 bits per heavy atom. The van der Waals surface area contributed by atoms with Crippen molar-refractivity contribution in [3.05, 3.63) is 11.7 Å². The summed E-state index contributed by atoms with van der Waals surface area (Å²) in [5.74, 6) is 1.68. The van der Waals surface area contributed by atoms with E-state index in [1.807, 2.05) is 0 Å². The van der Waals surface area contributed by atoms with E-state index in [-0.39, 0.29) is 0 Å². The fourth-order valence-corrected chi connectivity index (χ4v) is 1.39. The van der Waals surface area contributed by atoms with Crippen LogP contribution in [0.2, 0.25) is 0 Å². The molecule has 0 saturated carbocycles. The van der Waals surface area contributed by atoms with Crippen LogP contribution in [0.5, 0.6) is 0 Å². The molecule has 1 saturated heterocycles.